The van der Waals surface area contributed by atoms with Gasteiger partial charge in [-0.15, -0.1) is 0 Å². The molecule has 0 radical (unpaired) electrons. The fraction of sp³-hybridized carbons (Fsp3) is 0.308. The smallest absolute Gasteiger partial charge is 0.308 e. The number of nitrogens with one attached hydrogen (secondary N) is 1. The second-order valence-electron chi connectivity index (χ2n) is 4.68. The lowest BCUT2D eigenvalue weighted by Crippen LogP contribution is -2.26. The number of hydrogen-bond donors (Lipinski definition) is 2. The first kappa shape index (κ1) is 11.7. The Morgan fingerprint density at radius 2 is 2.21 bits per heavy atom. The van der Waals surface area contributed by atoms with Crippen molar-refractivity contribution in [2.24, 2.45) is 5.92 Å². The highest BCUT2D eigenvalue weighted by Crippen LogP contribution is 2.21. The van der Waals surface area contributed by atoms with Gasteiger partial charge in [-0.2, -0.15) is 0 Å². The number of carbonyl (C=O) groups is 1. The number of carboxylic acids is 1. The van der Waals surface area contributed by atoms with Gasteiger partial charge < -0.3 is 10.0 Å². The van der Waals surface area contributed by atoms with Gasteiger partial charge in [0.2, 0.25) is 5.95 Å². The number of benzene rings is 1. The largest absolute Gasteiger partial charge is 0.481 e. The third kappa shape index (κ3) is 2.05. The summed E-state index contributed by atoms with van der Waals surface area (Å²) in [6.07, 6.45) is 0.575. The van der Waals surface area contributed by atoms with E-state index in [-0.39, 0.29) is 5.56 Å². The maximum absolute atomic E-state index is 11.9. The van der Waals surface area contributed by atoms with Crippen molar-refractivity contribution in [1.29, 1.82) is 0 Å². The van der Waals surface area contributed by atoms with Crippen molar-refractivity contribution < 1.29 is 9.90 Å². The quantitative estimate of drug-likeness (QED) is 0.834. The zero-order valence-corrected chi connectivity index (χ0v) is 10.2. The number of aromatic amines is 1. The van der Waals surface area contributed by atoms with Crippen LogP contribution in [-0.4, -0.2) is 34.1 Å². The minimum absolute atomic E-state index is 0.195. The topological polar surface area (TPSA) is 86.3 Å². The van der Waals surface area contributed by atoms with Crippen LogP contribution in [0.15, 0.2) is 29.1 Å². The van der Waals surface area contributed by atoms with Gasteiger partial charge in [0.25, 0.3) is 5.56 Å². The molecule has 1 aromatic heterocycles. The molecule has 1 aliphatic heterocycles. The summed E-state index contributed by atoms with van der Waals surface area (Å²) in [5, 5.41) is 9.53. The van der Waals surface area contributed by atoms with Gasteiger partial charge in [-0.1, -0.05) is 12.1 Å². The lowest BCUT2D eigenvalue weighted by Gasteiger charge is -2.16. The zero-order chi connectivity index (χ0) is 13.4. The van der Waals surface area contributed by atoms with Crippen molar-refractivity contribution >= 4 is 22.8 Å². The molecule has 0 spiro atoms. The first-order valence-corrected chi connectivity index (χ1v) is 6.12. The number of fused-ring (bicyclic) bond motifs is 1. The number of carboxylic acid groups (broad SMARTS) is 1. The molecule has 2 heterocycles. The number of rotatable bonds is 2. The van der Waals surface area contributed by atoms with Crippen LogP contribution in [0.5, 0.6) is 0 Å². The van der Waals surface area contributed by atoms with E-state index in [0.717, 1.165) is 0 Å². The molecule has 1 fully saturated rings. The fourth-order valence-electron chi connectivity index (χ4n) is 2.38. The van der Waals surface area contributed by atoms with Crippen LogP contribution in [-0.2, 0) is 4.79 Å². The van der Waals surface area contributed by atoms with Crippen molar-refractivity contribution in [1.82, 2.24) is 9.97 Å². The number of aliphatic carboxylic acids is 1. The number of H-pyrrole nitrogens is 1. The van der Waals surface area contributed by atoms with Crippen molar-refractivity contribution in [3.63, 3.8) is 0 Å². The van der Waals surface area contributed by atoms with Crippen molar-refractivity contribution in [3.05, 3.63) is 34.6 Å². The summed E-state index contributed by atoms with van der Waals surface area (Å²) in [5.41, 5.74) is 0.430. The van der Waals surface area contributed by atoms with E-state index in [2.05, 4.69) is 9.97 Å². The molecular formula is C13H13N3O3. The van der Waals surface area contributed by atoms with E-state index in [1.165, 1.54) is 0 Å². The Labute approximate surface area is 108 Å². The third-order valence-electron chi connectivity index (χ3n) is 3.44. The number of aromatic nitrogens is 2. The second kappa shape index (κ2) is 4.38. The average molecular weight is 259 g/mol. The highest BCUT2D eigenvalue weighted by molar-refractivity contribution is 5.78. The summed E-state index contributed by atoms with van der Waals surface area (Å²) < 4.78 is 0. The molecule has 1 unspecified atom stereocenters. The van der Waals surface area contributed by atoms with Crippen LogP contribution in [0.4, 0.5) is 5.95 Å². The monoisotopic (exact) mass is 259 g/mol. The number of para-hydroxylation sites is 1. The summed E-state index contributed by atoms with van der Waals surface area (Å²) in [4.78, 5) is 31.8. The van der Waals surface area contributed by atoms with E-state index in [4.69, 9.17) is 5.11 Å². The Balaban J connectivity index is 1.98. The summed E-state index contributed by atoms with van der Waals surface area (Å²) in [7, 11) is 0. The van der Waals surface area contributed by atoms with Crippen LogP contribution in [0.2, 0.25) is 0 Å². The molecule has 98 valence electrons. The maximum atomic E-state index is 11.9. The van der Waals surface area contributed by atoms with E-state index in [0.29, 0.717) is 36.4 Å². The van der Waals surface area contributed by atoms with Gasteiger partial charge >= 0.3 is 5.97 Å². The highest BCUT2D eigenvalue weighted by atomic mass is 16.4. The molecular weight excluding hydrogens is 246 g/mol. The van der Waals surface area contributed by atoms with Crippen LogP contribution in [0.1, 0.15) is 6.42 Å². The van der Waals surface area contributed by atoms with Gasteiger partial charge in [0.1, 0.15) is 0 Å². The predicted molar refractivity (Wildman–Crippen MR) is 70.3 cm³/mol. The van der Waals surface area contributed by atoms with Crippen molar-refractivity contribution in [2.45, 2.75) is 6.42 Å². The molecule has 6 heteroatoms. The van der Waals surface area contributed by atoms with Crippen molar-refractivity contribution in [3.8, 4) is 0 Å². The SMILES string of the molecule is O=C(O)C1CCN(c2nc3ccccc3c(=O)[nH]2)C1. The Hall–Kier alpha value is -2.37. The Bertz CT molecular complexity index is 695. The first-order chi connectivity index (χ1) is 9.15. The van der Waals surface area contributed by atoms with Crippen LogP contribution in [0.3, 0.4) is 0 Å². The molecule has 2 N–H and O–H groups in total. The maximum Gasteiger partial charge on any atom is 0.308 e. The third-order valence-corrected chi connectivity index (χ3v) is 3.44. The van der Waals surface area contributed by atoms with Crippen LogP contribution < -0.4 is 10.5 Å². The molecule has 1 saturated heterocycles. The molecule has 6 nitrogen and oxygen atoms in total. The highest BCUT2D eigenvalue weighted by Gasteiger charge is 2.29. The molecule has 1 atom stereocenters. The van der Waals surface area contributed by atoms with Gasteiger partial charge in [0.15, 0.2) is 0 Å². The summed E-state index contributed by atoms with van der Waals surface area (Å²) in [5.74, 6) is -0.741. The predicted octanol–water partition coefficient (Wildman–Crippen LogP) is 0.834. The Morgan fingerprint density at radius 1 is 1.42 bits per heavy atom. The number of nitrogens with zero attached hydrogens (tertiary/aromatic N) is 2. The van der Waals surface area contributed by atoms with E-state index >= 15 is 0 Å². The molecule has 0 saturated carbocycles. The molecule has 1 aromatic carbocycles. The normalized spacial score (nSPS) is 18.9. The minimum atomic E-state index is -0.800. The van der Waals surface area contributed by atoms with Gasteiger partial charge in [0.05, 0.1) is 16.8 Å². The molecule has 3 rings (SSSR count). The molecule has 19 heavy (non-hydrogen) atoms. The lowest BCUT2D eigenvalue weighted by atomic mass is 10.1. The van der Waals surface area contributed by atoms with E-state index in [9.17, 15) is 9.59 Å². The number of hydrogen-bond acceptors (Lipinski definition) is 4. The standard InChI is InChI=1S/C13H13N3O3/c17-11-9-3-1-2-4-10(9)14-13(15-11)16-6-5-8(7-16)12(18)19/h1-4,8H,5-7H2,(H,18,19)(H,14,15,17). The first-order valence-electron chi connectivity index (χ1n) is 6.12. The molecule has 0 aliphatic carbocycles. The van der Waals surface area contributed by atoms with Crippen LogP contribution in [0, 0.1) is 5.92 Å². The average Bonchev–Trinajstić information content (AvgIpc) is 2.88. The lowest BCUT2D eigenvalue weighted by molar-refractivity contribution is -0.140. The molecule has 0 bridgehead atoms. The van der Waals surface area contributed by atoms with Crippen molar-refractivity contribution in [2.75, 3.05) is 18.0 Å². The molecule has 0 amide bonds. The second-order valence-corrected chi connectivity index (χ2v) is 4.68. The summed E-state index contributed by atoms with van der Waals surface area (Å²) in [6, 6.07) is 7.10. The Kier molecular flexibility index (Phi) is 2.70. The summed E-state index contributed by atoms with van der Waals surface area (Å²) in [6.45, 7) is 0.981. The van der Waals surface area contributed by atoms with Gasteiger partial charge in [0, 0.05) is 13.1 Å². The molecule has 2 aromatic rings. The fourth-order valence-corrected chi connectivity index (χ4v) is 2.38. The van der Waals surface area contributed by atoms with Crippen LogP contribution >= 0.6 is 0 Å². The van der Waals surface area contributed by atoms with E-state index in [1.54, 1.807) is 18.2 Å². The molecule has 1 aliphatic rings. The van der Waals surface area contributed by atoms with Gasteiger partial charge in [-0.05, 0) is 18.6 Å². The minimum Gasteiger partial charge on any atom is -0.481 e. The Morgan fingerprint density at radius 3 is 2.95 bits per heavy atom. The summed E-state index contributed by atoms with van der Waals surface area (Å²) >= 11 is 0. The van der Waals surface area contributed by atoms with E-state index in [1.807, 2.05) is 11.0 Å². The van der Waals surface area contributed by atoms with Gasteiger partial charge in [-0.25, -0.2) is 4.98 Å². The van der Waals surface area contributed by atoms with Gasteiger partial charge in [-0.3, -0.25) is 14.6 Å². The zero-order valence-electron chi connectivity index (χ0n) is 10.2. The number of anilines is 1. The van der Waals surface area contributed by atoms with E-state index < -0.39 is 11.9 Å². The van der Waals surface area contributed by atoms with Crippen LogP contribution in [0.25, 0.3) is 10.9 Å².